The fourth-order valence-electron chi connectivity index (χ4n) is 2.12. The second-order valence-electron chi connectivity index (χ2n) is 5.45. The van der Waals surface area contributed by atoms with Crippen LogP contribution in [0.3, 0.4) is 0 Å². The van der Waals surface area contributed by atoms with Crippen molar-refractivity contribution in [2.75, 3.05) is 0 Å². The average Bonchev–Trinajstić information content (AvgIpc) is 2.63. The Morgan fingerprint density at radius 3 is 2.36 bits per heavy atom. The van der Waals surface area contributed by atoms with E-state index in [0.29, 0.717) is 23.7 Å². The summed E-state index contributed by atoms with van der Waals surface area (Å²) in [7, 11) is 0. The van der Waals surface area contributed by atoms with E-state index in [0.717, 1.165) is 11.3 Å². The highest BCUT2D eigenvalue weighted by molar-refractivity contribution is 5.94. The molecule has 0 saturated heterocycles. The van der Waals surface area contributed by atoms with Gasteiger partial charge in [0.25, 0.3) is 5.91 Å². The Balaban J connectivity index is 1.58. The lowest BCUT2D eigenvalue weighted by atomic mass is 10.2. The summed E-state index contributed by atoms with van der Waals surface area (Å²) in [4.78, 5) is 12.1. The largest absolute Gasteiger partial charge is 0.438 e. The van der Waals surface area contributed by atoms with E-state index in [4.69, 9.17) is 4.74 Å². The third-order valence-corrected chi connectivity index (χ3v) is 3.48. The Bertz CT molecular complexity index is 847. The van der Waals surface area contributed by atoms with Crippen molar-refractivity contribution in [2.24, 2.45) is 0 Å². The number of hydrogen-bond acceptors (Lipinski definition) is 4. The highest BCUT2D eigenvalue weighted by Gasteiger charge is 2.06. The molecule has 2 aromatic carbocycles. The number of carbonyl (C=O) groups is 1. The molecule has 0 atom stereocenters. The third kappa shape index (κ3) is 4.60. The second kappa shape index (κ2) is 7.53. The fraction of sp³-hybridized carbons (Fsp3) is 0.105. The van der Waals surface area contributed by atoms with Crippen molar-refractivity contribution in [2.45, 2.75) is 13.5 Å². The Kier molecular flexibility index (Phi) is 4.99. The number of hydrogen-bond donors (Lipinski definition) is 1. The summed E-state index contributed by atoms with van der Waals surface area (Å²) in [5, 5.41) is 10.6. The molecule has 0 unspecified atom stereocenters. The van der Waals surface area contributed by atoms with Crippen molar-refractivity contribution in [1.82, 2.24) is 15.5 Å². The van der Waals surface area contributed by atoms with Crippen molar-refractivity contribution in [3.63, 3.8) is 0 Å². The van der Waals surface area contributed by atoms with Crippen molar-refractivity contribution in [1.29, 1.82) is 0 Å². The third-order valence-electron chi connectivity index (χ3n) is 3.48. The van der Waals surface area contributed by atoms with Gasteiger partial charge in [-0.2, -0.15) is 5.10 Å². The number of ether oxygens (including phenoxy) is 1. The maximum Gasteiger partial charge on any atom is 0.251 e. The minimum Gasteiger partial charge on any atom is -0.438 e. The molecule has 0 spiro atoms. The molecule has 1 aromatic heterocycles. The zero-order chi connectivity index (χ0) is 17.6. The normalized spacial score (nSPS) is 10.3. The molecule has 0 aliphatic rings. The summed E-state index contributed by atoms with van der Waals surface area (Å²) in [5.74, 6) is 0.433. The van der Waals surface area contributed by atoms with Crippen LogP contribution in [0.1, 0.15) is 21.6 Å². The van der Waals surface area contributed by atoms with E-state index < -0.39 is 0 Å². The first-order chi connectivity index (χ1) is 12.1. The number of nitrogens with zero attached hydrogens (tertiary/aromatic N) is 2. The predicted molar refractivity (Wildman–Crippen MR) is 90.9 cm³/mol. The molecule has 3 rings (SSSR count). The van der Waals surface area contributed by atoms with Gasteiger partial charge < -0.3 is 10.1 Å². The topological polar surface area (TPSA) is 64.1 Å². The molecule has 25 heavy (non-hydrogen) atoms. The lowest BCUT2D eigenvalue weighted by Gasteiger charge is -2.07. The molecule has 126 valence electrons. The van der Waals surface area contributed by atoms with Gasteiger partial charge in [-0.25, -0.2) is 4.39 Å². The molecule has 0 aliphatic heterocycles. The van der Waals surface area contributed by atoms with Crippen LogP contribution in [0.5, 0.6) is 11.6 Å². The standard InChI is InChI=1S/C19H16FN3O2/c1-13-2-11-18(23-22-13)25-17-9-5-15(6-10-17)19(24)21-12-14-3-7-16(20)8-4-14/h2-11H,12H2,1H3,(H,21,24). The molecule has 6 heteroatoms. The minimum absolute atomic E-state index is 0.217. The predicted octanol–water partition coefficient (Wildman–Crippen LogP) is 3.65. The first kappa shape index (κ1) is 16.6. The maximum atomic E-state index is 12.9. The van der Waals surface area contributed by atoms with Crippen LogP contribution >= 0.6 is 0 Å². The number of halogens is 1. The molecular formula is C19H16FN3O2. The van der Waals surface area contributed by atoms with Crippen LogP contribution in [-0.4, -0.2) is 16.1 Å². The molecule has 0 bridgehead atoms. The van der Waals surface area contributed by atoms with E-state index >= 15 is 0 Å². The van der Waals surface area contributed by atoms with Gasteiger partial charge in [0, 0.05) is 18.2 Å². The molecule has 1 amide bonds. The van der Waals surface area contributed by atoms with E-state index in [-0.39, 0.29) is 11.7 Å². The lowest BCUT2D eigenvalue weighted by Crippen LogP contribution is -2.22. The van der Waals surface area contributed by atoms with Crippen LogP contribution in [0.25, 0.3) is 0 Å². The molecule has 0 aliphatic carbocycles. The maximum absolute atomic E-state index is 12.9. The summed E-state index contributed by atoms with van der Waals surface area (Å²) >= 11 is 0. The van der Waals surface area contributed by atoms with Crippen LogP contribution in [0, 0.1) is 12.7 Å². The average molecular weight is 337 g/mol. The van der Waals surface area contributed by atoms with Crippen molar-refractivity contribution >= 4 is 5.91 Å². The van der Waals surface area contributed by atoms with Crippen LogP contribution < -0.4 is 10.1 Å². The van der Waals surface area contributed by atoms with Gasteiger partial charge in [-0.1, -0.05) is 12.1 Å². The summed E-state index contributed by atoms with van der Waals surface area (Å²) in [5.41, 5.74) is 2.14. The number of nitrogens with one attached hydrogen (secondary N) is 1. The number of rotatable bonds is 5. The van der Waals surface area contributed by atoms with Crippen molar-refractivity contribution in [3.8, 4) is 11.6 Å². The van der Waals surface area contributed by atoms with E-state index in [1.165, 1.54) is 12.1 Å². The van der Waals surface area contributed by atoms with Crippen molar-refractivity contribution < 1.29 is 13.9 Å². The van der Waals surface area contributed by atoms with Gasteiger partial charge in [0.1, 0.15) is 11.6 Å². The van der Waals surface area contributed by atoms with Gasteiger partial charge in [-0.3, -0.25) is 4.79 Å². The van der Waals surface area contributed by atoms with E-state index in [1.54, 1.807) is 48.5 Å². The Hall–Kier alpha value is -3.28. The SMILES string of the molecule is Cc1ccc(Oc2ccc(C(=O)NCc3ccc(F)cc3)cc2)nn1. The van der Waals surface area contributed by atoms with Crippen LogP contribution in [-0.2, 0) is 6.54 Å². The first-order valence-corrected chi connectivity index (χ1v) is 7.71. The highest BCUT2D eigenvalue weighted by Crippen LogP contribution is 2.19. The highest BCUT2D eigenvalue weighted by atomic mass is 19.1. The summed E-state index contributed by atoms with van der Waals surface area (Å²) in [6.45, 7) is 2.17. The molecule has 1 heterocycles. The zero-order valence-corrected chi connectivity index (χ0v) is 13.6. The molecular weight excluding hydrogens is 321 g/mol. The molecule has 0 radical (unpaired) electrons. The Morgan fingerprint density at radius 2 is 1.72 bits per heavy atom. The summed E-state index contributed by atoms with van der Waals surface area (Å²) in [6.07, 6.45) is 0. The Labute approximate surface area is 144 Å². The van der Waals surface area contributed by atoms with Gasteiger partial charge in [-0.05, 0) is 55.0 Å². The van der Waals surface area contributed by atoms with Crippen LogP contribution in [0.2, 0.25) is 0 Å². The van der Waals surface area contributed by atoms with E-state index in [9.17, 15) is 9.18 Å². The van der Waals surface area contributed by atoms with Gasteiger partial charge in [0.05, 0.1) is 5.69 Å². The van der Waals surface area contributed by atoms with E-state index in [2.05, 4.69) is 15.5 Å². The summed E-state index contributed by atoms with van der Waals surface area (Å²) in [6, 6.07) is 16.2. The van der Waals surface area contributed by atoms with Crippen LogP contribution in [0.4, 0.5) is 4.39 Å². The zero-order valence-electron chi connectivity index (χ0n) is 13.6. The number of aryl methyl sites for hydroxylation is 1. The quantitative estimate of drug-likeness (QED) is 0.772. The lowest BCUT2D eigenvalue weighted by molar-refractivity contribution is 0.0951. The fourth-order valence-corrected chi connectivity index (χ4v) is 2.12. The van der Waals surface area contributed by atoms with Gasteiger partial charge in [-0.15, -0.1) is 5.10 Å². The Morgan fingerprint density at radius 1 is 1.00 bits per heavy atom. The van der Waals surface area contributed by atoms with Gasteiger partial charge in [0.15, 0.2) is 0 Å². The van der Waals surface area contributed by atoms with Crippen LogP contribution in [0.15, 0.2) is 60.7 Å². The number of carbonyl (C=O) groups excluding carboxylic acids is 1. The number of benzene rings is 2. The molecule has 5 nitrogen and oxygen atoms in total. The monoisotopic (exact) mass is 337 g/mol. The summed E-state index contributed by atoms with van der Waals surface area (Å²) < 4.78 is 18.4. The molecule has 0 saturated carbocycles. The minimum atomic E-state index is -0.302. The number of amides is 1. The molecule has 1 N–H and O–H groups in total. The smallest absolute Gasteiger partial charge is 0.251 e. The van der Waals surface area contributed by atoms with Crippen molar-refractivity contribution in [3.05, 3.63) is 83.3 Å². The van der Waals surface area contributed by atoms with Gasteiger partial charge in [0.2, 0.25) is 5.88 Å². The molecule has 3 aromatic rings. The molecule has 0 fully saturated rings. The second-order valence-corrected chi connectivity index (χ2v) is 5.45. The first-order valence-electron chi connectivity index (χ1n) is 7.71. The van der Waals surface area contributed by atoms with Gasteiger partial charge >= 0.3 is 0 Å². The number of aromatic nitrogens is 2. The van der Waals surface area contributed by atoms with E-state index in [1.807, 2.05) is 6.92 Å².